The van der Waals surface area contributed by atoms with Crippen molar-refractivity contribution in [2.24, 2.45) is 9.98 Å². The molecule has 2 heterocycles. The second-order valence-electron chi connectivity index (χ2n) is 6.51. The molecule has 0 N–H and O–H groups in total. The first-order chi connectivity index (χ1) is 19.9. The molecular formula is C32H44N2O2P2S2. The molecule has 0 aromatic heterocycles. The van der Waals surface area contributed by atoms with E-state index in [0.717, 1.165) is 33.6 Å². The molecule has 40 heavy (non-hydrogen) atoms. The Labute approximate surface area is 256 Å². The summed E-state index contributed by atoms with van der Waals surface area (Å²) < 4.78 is 11.1. The molecule has 0 bridgehead atoms. The number of fused-ring (bicyclic) bond motifs is 6. The summed E-state index contributed by atoms with van der Waals surface area (Å²) in [6, 6.07) is 24.5. The van der Waals surface area contributed by atoms with E-state index in [-0.39, 0.29) is 0 Å². The zero-order valence-corrected chi connectivity index (χ0v) is 28.7. The molecule has 0 spiro atoms. The average Bonchev–Trinajstić information content (AvgIpc) is 3.10. The van der Waals surface area contributed by atoms with E-state index in [1.54, 1.807) is 12.4 Å². The number of nitrogens with zero attached hydrogens (tertiary/aromatic N) is 2. The molecule has 0 radical (unpaired) electrons. The molecule has 0 fully saturated rings. The maximum Gasteiger partial charge on any atom is 0.153 e. The summed E-state index contributed by atoms with van der Waals surface area (Å²) in [5, 5.41) is 4.69. The van der Waals surface area contributed by atoms with Gasteiger partial charge in [0.25, 0.3) is 0 Å². The topological polar surface area (TPSA) is 43.2 Å². The minimum atomic E-state index is 0.570. The van der Waals surface area contributed by atoms with Gasteiger partial charge in [0.1, 0.15) is 30.3 Å². The predicted molar refractivity (Wildman–Crippen MR) is 192 cm³/mol. The van der Waals surface area contributed by atoms with E-state index in [1.165, 1.54) is 10.8 Å². The lowest BCUT2D eigenvalue weighted by Crippen LogP contribution is -2.02. The van der Waals surface area contributed by atoms with Crippen molar-refractivity contribution in [3.8, 4) is 11.5 Å². The molecule has 216 valence electrons. The Bertz CT molecular complexity index is 1280. The summed E-state index contributed by atoms with van der Waals surface area (Å²) in [5.41, 5.74) is 1.88. The molecule has 0 amide bonds. The number of benzene rings is 4. The highest BCUT2D eigenvalue weighted by Crippen LogP contribution is 2.37. The van der Waals surface area contributed by atoms with E-state index >= 15 is 0 Å². The maximum absolute atomic E-state index is 5.59. The molecule has 2 aliphatic rings. The molecule has 4 aromatic carbocycles. The largest absolute Gasteiger partial charge is 0.486 e. The smallest absolute Gasteiger partial charge is 0.153 e. The quantitative estimate of drug-likeness (QED) is 0.185. The van der Waals surface area contributed by atoms with E-state index in [1.807, 2.05) is 91.8 Å². The van der Waals surface area contributed by atoms with E-state index in [4.69, 9.17) is 9.47 Å². The monoisotopic (exact) mass is 614 g/mol. The van der Waals surface area contributed by atoms with Gasteiger partial charge in [0.05, 0.1) is 0 Å². The van der Waals surface area contributed by atoms with Gasteiger partial charge in [-0.1, -0.05) is 140 Å². The number of hydrogen-bond acceptors (Lipinski definition) is 6. The third kappa shape index (κ3) is 11.9. The van der Waals surface area contributed by atoms with Crippen LogP contribution < -0.4 is 9.47 Å². The SMILES string of the molecule is C1=Nc2c(ccc3ccccc23)OC1.C1=Nc2ccc3ccccc3c2OC1.CC.CC.CC.CC.P=S.P=S. The molecule has 6 rings (SSSR count). The van der Waals surface area contributed by atoms with Crippen LogP contribution in [0.4, 0.5) is 11.4 Å². The molecule has 4 aromatic rings. The Morgan fingerprint density at radius 2 is 1.02 bits per heavy atom. The van der Waals surface area contributed by atoms with Crippen LogP contribution in [-0.2, 0) is 23.6 Å². The second kappa shape index (κ2) is 26.6. The van der Waals surface area contributed by atoms with Gasteiger partial charge in [-0.2, -0.15) is 0 Å². The van der Waals surface area contributed by atoms with Crippen LogP contribution in [0.1, 0.15) is 55.4 Å². The van der Waals surface area contributed by atoms with Crippen LogP contribution in [0.5, 0.6) is 11.5 Å². The van der Waals surface area contributed by atoms with E-state index in [0.29, 0.717) is 13.2 Å². The normalized spacial score (nSPS) is 10.4. The van der Waals surface area contributed by atoms with Crippen molar-refractivity contribution in [3.63, 3.8) is 0 Å². The summed E-state index contributed by atoms with van der Waals surface area (Å²) in [6.07, 6.45) is 3.59. The van der Waals surface area contributed by atoms with Gasteiger partial charge in [-0.3, -0.25) is 9.98 Å². The van der Waals surface area contributed by atoms with Crippen molar-refractivity contribution in [3.05, 3.63) is 72.8 Å². The Morgan fingerprint density at radius 3 is 1.65 bits per heavy atom. The van der Waals surface area contributed by atoms with Gasteiger partial charge in [-0.15, -0.1) is 0 Å². The highest BCUT2D eigenvalue weighted by molar-refractivity contribution is 7.89. The first-order valence-corrected chi connectivity index (χ1v) is 16.9. The van der Waals surface area contributed by atoms with Crippen molar-refractivity contribution >= 4 is 85.0 Å². The maximum atomic E-state index is 5.59. The molecule has 8 heteroatoms. The van der Waals surface area contributed by atoms with Crippen LogP contribution in [0, 0.1) is 0 Å². The summed E-state index contributed by atoms with van der Waals surface area (Å²) in [4.78, 5) is 8.66. The van der Waals surface area contributed by atoms with Gasteiger partial charge in [-0.05, 0) is 38.9 Å². The van der Waals surface area contributed by atoms with Crippen LogP contribution in [0.2, 0.25) is 0 Å². The summed E-state index contributed by atoms with van der Waals surface area (Å²) in [6.45, 7) is 17.1. The van der Waals surface area contributed by atoms with Crippen molar-refractivity contribution in [1.82, 2.24) is 0 Å². The molecule has 0 saturated carbocycles. The van der Waals surface area contributed by atoms with E-state index in [9.17, 15) is 0 Å². The van der Waals surface area contributed by atoms with Gasteiger partial charge in [0.2, 0.25) is 0 Å². The van der Waals surface area contributed by atoms with Gasteiger partial charge in [0, 0.05) is 23.2 Å². The summed E-state index contributed by atoms with van der Waals surface area (Å²) >= 11 is 7.78. The van der Waals surface area contributed by atoms with Crippen LogP contribution in [0.15, 0.2) is 82.8 Å². The van der Waals surface area contributed by atoms with Gasteiger partial charge >= 0.3 is 0 Å². The van der Waals surface area contributed by atoms with Gasteiger partial charge in [0.15, 0.2) is 5.75 Å². The fraction of sp³-hybridized carbons (Fsp3) is 0.312. The zero-order valence-electron chi connectivity index (χ0n) is 25.0. The predicted octanol–water partition coefficient (Wildman–Crippen LogP) is 11.2. The lowest BCUT2D eigenvalue weighted by atomic mass is 10.1. The van der Waals surface area contributed by atoms with Crippen molar-refractivity contribution in [2.45, 2.75) is 55.4 Å². The number of hydrogen-bond donors (Lipinski definition) is 0. The molecule has 0 aliphatic carbocycles. The minimum absolute atomic E-state index is 0.570. The standard InChI is InChI=1S/2C12H9NO.4C2H6.2HPS/c1-2-4-10-9(3-1)5-6-11-12(10)13-7-8-14-11;1-2-4-10-9(3-1)5-6-11-12(10)14-8-7-13-11;6*1-2/h2*1-7H,8H2;4*1-2H3;2*1H. The highest BCUT2D eigenvalue weighted by Gasteiger charge is 2.10. The first-order valence-electron chi connectivity index (χ1n) is 13.7. The second-order valence-corrected chi connectivity index (χ2v) is 6.51. The lowest BCUT2D eigenvalue weighted by Gasteiger charge is -2.13. The number of aliphatic imine (C=N–C) groups is 2. The summed E-state index contributed by atoms with van der Waals surface area (Å²) in [7, 11) is 5.11. The fourth-order valence-electron chi connectivity index (χ4n) is 3.48. The van der Waals surface area contributed by atoms with Crippen LogP contribution >= 0.6 is 16.0 Å². The van der Waals surface area contributed by atoms with Crippen molar-refractivity contribution < 1.29 is 9.47 Å². The first kappa shape index (κ1) is 39.5. The average molecular weight is 615 g/mol. The Kier molecular flexibility index (Phi) is 26.3. The molecule has 0 saturated heterocycles. The highest BCUT2D eigenvalue weighted by atomic mass is 32.4. The Morgan fingerprint density at radius 1 is 0.550 bits per heavy atom. The zero-order chi connectivity index (χ0) is 30.8. The lowest BCUT2D eigenvalue weighted by molar-refractivity contribution is 0.377. The third-order valence-electron chi connectivity index (χ3n) is 4.79. The number of ether oxygens (including phenoxy) is 2. The molecule has 0 atom stereocenters. The van der Waals surface area contributed by atoms with Crippen LogP contribution in [-0.4, -0.2) is 25.6 Å². The van der Waals surface area contributed by atoms with Crippen LogP contribution in [0.3, 0.4) is 0 Å². The Balaban J connectivity index is 0. The van der Waals surface area contributed by atoms with Crippen LogP contribution in [0.25, 0.3) is 21.5 Å². The third-order valence-corrected chi connectivity index (χ3v) is 4.79. The fourth-order valence-corrected chi connectivity index (χ4v) is 3.48. The van der Waals surface area contributed by atoms with Crippen molar-refractivity contribution in [1.29, 1.82) is 0 Å². The molecular weight excluding hydrogens is 570 g/mol. The summed E-state index contributed by atoms with van der Waals surface area (Å²) in [5.74, 6) is 1.79. The van der Waals surface area contributed by atoms with Gasteiger partial charge < -0.3 is 9.47 Å². The molecule has 2 aliphatic heterocycles. The molecule has 4 nitrogen and oxygen atoms in total. The minimum Gasteiger partial charge on any atom is -0.486 e. The van der Waals surface area contributed by atoms with Gasteiger partial charge in [-0.25, -0.2) is 0 Å². The molecule has 0 unspecified atom stereocenters. The Hall–Kier alpha value is -2.62. The van der Waals surface area contributed by atoms with Crippen molar-refractivity contribution in [2.75, 3.05) is 13.2 Å². The van der Waals surface area contributed by atoms with E-state index in [2.05, 4.69) is 86.0 Å². The van der Waals surface area contributed by atoms with E-state index < -0.39 is 0 Å². The number of rotatable bonds is 0.